The van der Waals surface area contributed by atoms with E-state index in [1.54, 1.807) is 0 Å². The highest BCUT2D eigenvalue weighted by molar-refractivity contribution is 4.76. The SMILES string of the molecule is C=COCC1COC(C)(CC(C)C)O1. The van der Waals surface area contributed by atoms with Crippen molar-refractivity contribution in [2.75, 3.05) is 13.2 Å². The van der Waals surface area contributed by atoms with Gasteiger partial charge in [0.25, 0.3) is 0 Å². The van der Waals surface area contributed by atoms with E-state index in [0.29, 0.717) is 19.1 Å². The molecule has 0 N–H and O–H groups in total. The second-order valence-corrected chi connectivity index (χ2v) is 4.28. The summed E-state index contributed by atoms with van der Waals surface area (Å²) in [4.78, 5) is 0. The molecule has 1 aliphatic rings. The highest BCUT2D eigenvalue weighted by Gasteiger charge is 2.37. The Labute approximate surface area is 86.0 Å². The lowest BCUT2D eigenvalue weighted by atomic mass is 10.0. The Bertz CT molecular complexity index is 191. The number of rotatable bonds is 5. The Kier molecular flexibility index (Phi) is 3.96. The van der Waals surface area contributed by atoms with Gasteiger partial charge < -0.3 is 14.2 Å². The van der Waals surface area contributed by atoms with Crippen LogP contribution in [-0.2, 0) is 14.2 Å². The molecule has 0 amide bonds. The normalized spacial score (nSPS) is 32.1. The molecule has 0 spiro atoms. The molecule has 2 atom stereocenters. The molecule has 0 aliphatic carbocycles. The minimum atomic E-state index is -0.427. The van der Waals surface area contributed by atoms with Gasteiger partial charge in [0.15, 0.2) is 5.79 Å². The minimum absolute atomic E-state index is 0.0387. The summed E-state index contributed by atoms with van der Waals surface area (Å²) in [5.74, 6) is 0.141. The van der Waals surface area contributed by atoms with Gasteiger partial charge in [-0.05, 0) is 12.8 Å². The Balaban J connectivity index is 2.34. The van der Waals surface area contributed by atoms with Gasteiger partial charge in [-0.25, -0.2) is 0 Å². The van der Waals surface area contributed by atoms with Crippen LogP contribution < -0.4 is 0 Å². The molecule has 0 aromatic rings. The predicted molar refractivity (Wildman–Crippen MR) is 54.8 cm³/mol. The second kappa shape index (κ2) is 4.80. The van der Waals surface area contributed by atoms with Crippen molar-refractivity contribution in [2.24, 2.45) is 5.92 Å². The quantitative estimate of drug-likeness (QED) is 0.637. The molecule has 0 saturated carbocycles. The molecule has 1 fully saturated rings. The van der Waals surface area contributed by atoms with Gasteiger partial charge in [-0.3, -0.25) is 0 Å². The largest absolute Gasteiger partial charge is 0.499 e. The zero-order chi connectivity index (χ0) is 10.6. The fraction of sp³-hybridized carbons (Fsp3) is 0.818. The molecule has 1 rings (SSSR count). The Hall–Kier alpha value is -0.540. The molecule has 0 radical (unpaired) electrons. The van der Waals surface area contributed by atoms with Gasteiger partial charge in [-0.15, -0.1) is 0 Å². The average molecular weight is 200 g/mol. The van der Waals surface area contributed by atoms with E-state index in [0.717, 1.165) is 6.42 Å². The molecule has 1 saturated heterocycles. The lowest BCUT2D eigenvalue weighted by Crippen LogP contribution is -2.29. The molecule has 3 heteroatoms. The summed E-state index contributed by atoms with van der Waals surface area (Å²) in [6.07, 6.45) is 2.38. The standard InChI is InChI=1S/C11H20O3/c1-5-12-7-10-8-13-11(4,14-10)6-9(2)3/h5,9-10H,1,6-8H2,2-4H3. The van der Waals surface area contributed by atoms with Crippen molar-refractivity contribution < 1.29 is 14.2 Å². The number of hydrogen-bond acceptors (Lipinski definition) is 3. The summed E-state index contributed by atoms with van der Waals surface area (Å²) >= 11 is 0. The Morgan fingerprint density at radius 3 is 2.93 bits per heavy atom. The van der Waals surface area contributed by atoms with Gasteiger partial charge in [0.1, 0.15) is 12.7 Å². The molecule has 0 aromatic heterocycles. The van der Waals surface area contributed by atoms with E-state index < -0.39 is 5.79 Å². The lowest BCUT2D eigenvalue weighted by Gasteiger charge is -2.25. The number of hydrogen-bond donors (Lipinski definition) is 0. The lowest BCUT2D eigenvalue weighted by molar-refractivity contribution is -0.167. The van der Waals surface area contributed by atoms with Crippen LogP contribution in [0.5, 0.6) is 0 Å². The van der Waals surface area contributed by atoms with Gasteiger partial charge in [0, 0.05) is 6.42 Å². The maximum atomic E-state index is 5.77. The first-order chi connectivity index (χ1) is 6.56. The first kappa shape index (κ1) is 11.5. The summed E-state index contributed by atoms with van der Waals surface area (Å²) in [6, 6.07) is 0. The number of ether oxygens (including phenoxy) is 3. The van der Waals surface area contributed by atoms with Crippen molar-refractivity contribution in [3.63, 3.8) is 0 Å². The van der Waals surface area contributed by atoms with E-state index >= 15 is 0 Å². The van der Waals surface area contributed by atoms with E-state index in [4.69, 9.17) is 14.2 Å². The first-order valence-corrected chi connectivity index (χ1v) is 5.10. The van der Waals surface area contributed by atoms with Crippen LogP contribution in [0.25, 0.3) is 0 Å². The molecule has 0 bridgehead atoms. The third kappa shape index (κ3) is 3.31. The summed E-state index contributed by atoms with van der Waals surface area (Å²) in [5, 5.41) is 0. The van der Waals surface area contributed by atoms with Gasteiger partial charge in [0.05, 0.1) is 12.9 Å². The van der Waals surface area contributed by atoms with Crippen molar-refractivity contribution in [2.45, 2.75) is 39.1 Å². The third-order valence-electron chi connectivity index (χ3n) is 2.17. The van der Waals surface area contributed by atoms with Crippen molar-refractivity contribution >= 4 is 0 Å². The second-order valence-electron chi connectivity index (χ2n) is 4.28. The fourth-order valence-electron chi connectivity index (χ4n) is 1.80. The van der Waals surface area contributed by atoms with Crippen LogP contribution in [0.3, 0.4) is 0 Å². The monoisotopic (exact) mass is 200 g/mol. The van der Waals surface area contributed by atoms with Crippen LogP contribution in [0.4, 0.5) is 0 Å². The van der Waals surface area contributed by atoms with Crippen LogP contribution in [0.15, 0.2) is 12.8 Å². The van der Waals surface area contributed by atoms with Crippen LogP contribution in [-0.4, -0.2) is 25.1 Å². The Morgan fingerprint density at radius 2 is 2.36 bits per heavy atom. The molecule has 1 aliphatic heterocycles. The molecular weight excluding hydrogens is 180 g/mol. The molecule has 0 aromatic carbocycles. The topological polar surface area (TPSA) is 27.7 Å². The van der Waals surface area contributed by atoms with Crippen molar-refractivity contribution in [1.82, 2.24) is 0 Å². The maximum absolute atomic E-state index is 5.77. The van der Waals surface area contributed by atoms with Gasteiger partial charge in [-0.2, -0.15) is 0 Å². The van der Waals surface area contributed by atoms with E-state index in [1.165, 1.54) is 6.26 Å². The van der Waals surface area contributed by atoms with Crippen molar-refractivity contribution in [3.05, 3.63) is 12.8 Å². The van der Waals surface area contributed by atoms with Crippen LogP contribution in [0, 0.1) is 5.92 Å². The molecule has 2 unspecified atom stereocenters. The molecule has 3 nitrogen and oxygen atoms in total. The Morgan fingerprint density at radius 1 is 1.64 bits per heavy atom. The highest BCUT2D eigenvalue weighted by Crippen LogP contribution is 2.29. The van der Waals surface area contributed by atoms with Gasteiger partial charge >= 0.3 is 0 Å². The van der Waals surface area contributed by atoms with E-state index in [-0.39, 0.29) is 6.10 Å². The van der Waals surface area contributed by atoms with E-state index in [9.17, 15) is 0 Å². The highest BCUT2D eigenvalue weighted by atomic mass is 16.7. The molecule has 14 heavy (non-hydrogen) atoms. The van der Waals surface area contributed by atoms with Gasteiger partial charge in [-0.1, -0.05) is 20.4 Å². The first-order valence-electron chi connectivity index (χ1n) is 5.10. The van der Waals surface area contributed by atoms with E-state index in [2.05, 4.69) is 20.4 Å². The summed E-state index contributed by atoms with van der Waals surface area (Å²) < 4.78 is 16.5. The minimum Gasteiger partial charge on any atom is -0.499 e. The third-order valence-corrected chi connectivity index (χ3v) is 2.17. The zero-order valence-electron chi connectivity index (χ0n) is 9.29. The summed E-state index contributed by atoms with van der Waals surface area (Å²) in [5.41, 5.74) is 0. The van der Waals surface area contributed by atoms with Crippen molar-refractivity contribution in [3.8, 4) is 0 Å². The zero-order valence-corrected chi connectivity index (χ0v) is 9.29. The van der Waals surface area contributed by atoms with E-state index in [1.807, 2.05) is 6.92 Å². The van der Waals surface area contributed by atoms with Gasteiger partial charge in [0.2, 0.25) is 0 Å². The summed E-state index contributed by atoms with van der Waals surface area (Å²) in [7, 11) is 0. The van der Waals surface area contributed by atoms with Crippen LogP contribution in [0.1, 0.15) is 27.2 Å². The molecular formula is C11H20O3. The van der Waals surface area contributed by atoms with Crippen LogP contribution >= 0.6 is 0 Å². The summed E-state index contributed by atoms with van der Waals surface area (Å²) in [6.45, 7) is 10.9. The predicted octanol–water partition coefficient (Wildman–Crippen LogP) is 2.32. The maximum Gasteiger partial charge on any atom is 0.166 e. The van der Waals surface area contributed by atoms with Crippen LogP contribution in [0.2, 0.25) is 0 Å². The fourth-order valence-corrected chi connectivity index (χ4v) is 1.80. The molecule has 1 heterocycles. The van der Waals surface area contributed by atoms with Crippen molar-refractivity contribution in [1.29, 1.82) is 0 Å². The average Bonchev–Trinajstić information content (AvgIpc) is 2.42. The smallest absolute Gasteiger partial charge is 0.166 e. The molecule has 82 valence electrons.